The zero-order chi connectivity index (χ0) is 12.5. The molecule has 3 rings (SSSR count). The van der Waals surface area contributed by atoms with Crippen molar-refractivity contribution in [2.75, 3.05) is 0 Å². The molecule has 0 aliphatic heterocycles. The van der Waals surface area contributed by atoms with Gasteiger partial charge in [-0.3, -0.25) is 0 Å². The van der Waals surface area contributed by atoms with Crippen LogP contribution >= 0.6 is 0 Å². The van der Waals surface area contributed by atoms with Gasteiger partial charge in [0.1, 0.15) is 5.82 Å². The highest BCUT2D eigenvalue weighted by Crippen LogP contribution is 2.40. The summed E-state index contributed by atoms with van der Waals surface area (Å²) in [6.45, 7) is 0. The minimum absolute atomic E-state index is 0.0470. The van der Waals surface area contributed by atoms with Crippen LogP contribution in [0, 0.1) is 5.82 Å². The number of halogens is 1. The molecule has 2 aromatic rings. The first kappa shape index (κ1) is 11.4. The number of benzene rings is 2. The quantitative estimate of drug-likeness (QED) is 0.854. The molecule has 0 fully saturated rings. The Morgan fingerprint density at radius 3 is 2.56 bits per heavy atom. The SMILES string of the molecule is NC(c1ccc(F)cc1)C1CCc2ccccc21. The van der Waals surface area contributed by atoms with Crippen molar-refractivity contribution in [2.24, 2.45) is 5.73 Å². The monoisotopic (exact) mass is 241 g/mol. The molecule has 0 amide bonds. The fourth-order valence-corrected chi connectivity index (χ4v) is 2.88. The first-order valence-electron chi connectivity index (χ1n) is 6.34. The second kappa shape index (κ2) is 4.54. The second-order valence-electron chi connectivity index (χ2n) is 4.92. The van der Waals surface area contributed by atoms with Gasteiger partial charge in [0.15, 0.2) is 0 Å². The van der Waals surface area contributed by atoms with Crippen molar-refractivity contribution in [3.8, 4) is 0 Å². The molecule has 0 radical (unpaired) electrons. The van der Waals surface area contributed by atoms with Gasteiger partial charge in [0.2, 0.25) is 0 Å². The number of hydrogen-bond acceptors (Lipinski definition) is 1. The molecule has 2 unspecified atom stereocenters. The maximum absolute atomic E-state index is 12.9. The summed E-state index contributed by atoms with van der Waals surface area (Å²) in [4.78, 5) is 0. The third-order valence-electron chi connectivity index (χ3n) is 3.87. The standard InChI is InChI=1S/C16H16FN/c17-13-8-5-12(6-9-13)16(18)15-10-7-11-3-1-2-4-14(11)15/h1-6,8-9,15-16H,7,10,18H2. The van der Waals surface area contributed by atoms with Gasteiger partial charge in [0.25, 0.3) is 0 Å². The second-order valence-corrected chi connectivity index (χ2v) is 4.92. The van der Waals surface area contributed by atoms with Gasteiger partial charge in [0, 0.05) is 12.0 Å². The largest absolute Gasteiger partial charge is 0.323 e. The summed E-state index contributed by atoms with van der Waals surface area (Å²) in [5, 5.41) is 0. The van der Waals surface area contributed by atoms with E-state index in [4.69, 9.17) is 5.73 Å². The molecule has 2 atom stereocenters. The Balaban J connectivity index is 1.90. The average Bonchev–Trinajstić information content (AvgIpc) is 2.82. The van der Waals surface area contributed by atoms with Crippen LogP contribution < -0.4 is 5.73 Å². The highest BCUT2D eigenvalue weighted by Gasteiger charge is 2.28. The van der Waals surface area contributed by atoms with Crippen LogP contribution in [0.2, 0.25) is 0 Å². The van der Waals surface area contributed by atoms with E-state index >= 15 is 0 Å². The maximum atomic E-state index is 12.9. The van der Waals surface area contributed by atoms with Gasteiger partial charge in [-0.15, -0.1) is 0 Å². The van der Waals surface area contributed by atoms with E-state index in [0.29, 0.717) is 5.92 Å². The molecule has 0 spiro atoms. The molecular weight excluding hydrogens is 225 g/mol. The van der Waals surface area contributed by atoms with Crippen molar-refractivity contribution in [2.45, 2.75) is 24.8 Å². The lowest BCUT2D eigenvalue weighted by Crippen LogP contribution is -2.18. The number of rotatable bonds is 2. The van der Waals surface area contributed by atoms with E-state index in [1.54, 1.807) is 12.1 Å². The summed E-state index contributed by atoms with van der Waals surface area (Å²) in [7, 11) is 0. The third-order valence-corrected chi connectivity index (χ3v) is 3.87. The normalized spacial score (nSPS) is 19.6. The number of aryl methyl sites for hydroxylation is 1. The number of fused-ring (bicyclic) bond motifs is 1. The molecule has 0 saturated carbocycles. The number of nitrogens with two attached hydrogens (primary N) is 1. The topological polar surface area (TPSA) is 26.0 Å². The van der Waals surface area contributed by atoms with E-state index in [-0.39, 0.29) is 11.9 Å². The van der Waals surface area contributed by atoms with Gasteiger partial charge in [-0.1, -0.05) is 36.4 Å². The lowest BCUT2D eigenvalue weighted by molar-refractivity contribution is 0.548. The summed E-state index contributed by atoms with van der Waals surface area (Å²) < 4.78 is 12.9. The molecule has 0 bridgehead atoms. The fraction of sp³-hybridized carbons (Fsp3) is 0.250. The van der Waals surface area contributed by atoms with E-state index in [1.807, 2.05) is 0 Å². The fourth-order valence-electron chi connectivity index (χ4n) is 2.88. The maximum Gasteiger partial charge on any atom is 0.123 e. The van der Waals surface area contributed by atoms with Gasteiger partial charge < -0.3 is 5.73 Å². The molecule has 18 heavy (non-hydrogen) atoms. The summed E-state index contributed by atoms with van der Waals surface area (Å²) in [6, 6.07) is 15.0. The van der Waals surface area contributed by atoms with Crippen molar-refractivity contribution in [1.82, 2.24) is 0 Å². The Bertz CT molecular complexity index is 547. The van der Waals surface area contributed by atoms with Crippen molar-refractivity contribution in [3.05, 3.63) is 71.0 Å². The zero-order valence-electron chi connectivity index (χ0n) is 10.1. The lowest BCUT2D eigenvalue weighted by atomic mass is 9.89. The molecule has 2 heteroatoms. The molecule has 2 N–H and O–H groups in total. The van der Waals surface area contributed by atoms with Crippen molar-refractivity contribution < 1.29 is 4.39 Å². The molecule has 0 saturated heterocycles. The van der Waals surface area contributed by atoms with Crippen molar-refractivity contribution in [1.29, 1.82) is 0 Å². The Hall–Kier alpha value is -1.67. The van der Waals surface area contributed by atoms with E-state index in [0.717, 1.165) is 18.4 Å². The molecular formula is C16H16FN. The van der Waals surface area contributed by atoms with Crippen LogP contribution in [0.1, 0.15) is 35.1 Å². The summed E-state index contributed by atoms with van der Waals surface area (Å²) in [5.41, 5.74) is 10.1. The molecule has 1 nitrogen and oxygen atoms in total. The zero-order valence-corrected chi connectivity index (χ0v) is 10.1. The van der Waals surface area contributed by atoms with E-state index in [1.165, 1.54) is 23.3 Å². The highest BCUT2D eigenvalue weighted by molar-refractivity contribution is 5.38. The first-order valence-corrected chi connectivity index (χ1v) is 6.34. The van der Waals surface area contributed by atoms with Crippen LogP contribution in [-0.4, -0.2) is 0 Å². The van der Waals surface area contributed by atoms with Crippen molar-refractivity contribution in [3.63, 3.8) is 0 Å². The molecule has 1 aliphatic rings. The Kier molecular flexibility index (Phi) is 2.88. The van der Waals surface area contributed by atoms with Crippen LogP contribution in [0.4, 0.5) is 4.39 Å². The van der Waals surface area contributed by atoms with Gasteiger partial charge in [-0.05, 0) is 41.7 Å². The average molecular weight is 241 g/mol. The summed E-state index contributed by atoms with van der Waals surface area (Å²) >= 11 is 0. The minimum atomic E-state index is -0.210. The summed E-state index contributed by atoms with van der Waals surface area (Å²) in [6.07, 6.45) is 2.17. The molecule has 1 aliphatic carbocycles. The molecule has 0 heterocycles. The van der Waals surface area contributed by atoms with Crippen LogP contribution in [0.3, 0.4) is 0 Å². The Labute approximate surface area is 106 Å². The van der Waals surface area contributed by atoms with Gasteiger partial charge >= 0.3 is 0 Å². The predicted molar refractivity (Wildman–Crippen MR) is 70.8 cm³/mol. The third kappa shape index (κ3) is 1.93. The first-order chi connectivity index (χ1) is 8.75. The van der Waals surface area contributed by atoms with E-state index in [9.17, 15) is 4.39 Å². The van der Waals surface area contributed by atoms with E-state index in [2.05, 4.69) is 24.3 Å². The minimum Gasteiger partial charge on any atom is -0.323 e. The number of hydrogen-bond donors (Lipinski definition) is 1. The smallest absolute Gasteiger partial charge is 0.123 e. The predicted octanol–water partition coefficient (Wildman–Crippen LogP) is 3.56. The van der Waals surface area contributed by atoms with Gasteiger partial charge in [-0.2, -0.15) is 0 Å². The summed E-state index contributed by atoms with van der Waals surface area (Å²) in [5.74, 6) is 0.143. The molecule has 2 aromatic carbocycles. The lowest BCUT2D eigenvalue weighted by Gasteiger charge is -2.20. The van der Waals surface area contributed by atoms with Gasteiger partial charge in [0.05, 0.1) is 0 Å². The van der Waals surface area contributed by atoms with Gasteiger partial charge in [-0.25, -0.2) is 4.39 Å². The van der Waals surface area contributed by atoms with Crippen molar-refractivity contribution >= 4 is 0 Å². The highest BCUT2D eigenvalue weighted by atomic mass is 19.1. The van der Waals surface area contributed by atoms with Crippen LogP contribution in [0.15, 0.2) is 48.5 Å². The molecule has 0 aromatic heterocycles. The van der Waals surface area contributed by atoms with Crippen LogP contribution in [0.25, 0.3) is 0 Å². The van der Waals surface area contributed by atoms with E-state index < -0.39 is 0 Å². The Morgan fingerprint density at radius 1 is 1.06 bits per heavy atom. The van der Waals surface area contributed by atoms with Crippen LogP contribution in [-0.2, 0) is 6.42 Å². The van der Waals surface area contributed by atoms with Crippen LogP contribution in [0.5, 0.6) is 0 Å². The molecule has 92 valence electrons. The Morgan fingerprint density at radius 2 is 1.78 bits per heavy atom.